The average molecular weight is 241 g/mol. The zero-order chi connectivity index (χ0) is 12.7. The maximum atomic E-state index is 10.9. The topological polar surface area (TPSA) is 62.7 Å². The first-order valence-electron chi connectivity index (χ1n) is 6.21. The van der Waals surface area contributed by atoms with E-state index in [0.717, 1.165) is 31.3 Å². The molecule has 0 heterocycles. The molecular weight excluding hydrogens is 218 g/mol. The van der Waals surface area contributed by atoms with E-state index in [2.05, 4.69) is 27.3 Å². The molecular formula is C12H23N3O2. The number of carbonyl (C=O) groups excluding carboxylic acids is 1. The molecule has 1 saturated carbocycles. The van der Waals surface area contributed by atoms with Gasteiger partial charge in [0.25, 0.3) is 0 Å². The van der Waals surface area contributed by atoms with Gasteiger partial charge in [-0.15, -0.1) is 0 Å². The molecule has 0 amide bonds. The van der Waals surface area contributed by atoms with Gasteiger partial charge in [-0.25, -0.2) is 0 Å². The Morgan fingerprint density at radius 1 is 1.47 bits per heavy atom. The fourth-order valence-corrected chi connectivity index (χ4v) is 1.60. The van der Waals surface area contributed by atoms with E-state index < -0.39 is 0 Å². The van der Waals surface area contributed by atoms with E-state index in [4.69, 9.17) is 0 Å². The molecule has 1 fully saturated rings. The number of aliphatic imine (C=N–C) groups is 1. The standard InChI is InChI=1S/C12H23N3O2/c1-9-8-10(9)15-12(13-2)14-7-5-4-6-11(16)17-3/h9-10H,4-8H2,1-3H3,(H2,13,14,15). The number of carbonyl (C=O) groups is 1. The Labute approximate surface area is 103 Å². The third-order valence-corrected chi connectivity index (χ3v) is 2.98. The number of hydrogen-bond donors (Lipinski definition) is 2. The molecule has 0 radical (unpaired) electrons. The van der Waals surface area contributed by atoms with Crippen LogP contribution in [0, 0.1) is 5.92 Å². The Balaban J connectivity index is 2.02. The van der Waals surface area contributed by atoms with Gasteiger partial charge in [-0.1, -0.05) is 6.92 Å². The van der Waals surface area contributed by atoms with Crippen LogP contribution in [0.1, 0.15) is 32.6 Å². The van der Waals surface area contributed by atoms with E-state index >= 15 is 0 Å². The van der Waals surface area contributed by atoms with Gasteiger partial charge < -0.3 is 15.4 Å². The molecule has 2 unspecified atom stereocenters. The van der Waals surface area contributed by atoms with E-state index in [1.165, 1.54) is 13.5 Å². The number of nitrogens with one attached hydrogen (secondary N) is 2. The van der Waals surface area contributed by atoms with Crippen LogP contribution in [0.25, 0.3) is 0 Å². The lowest BCUT2D eigenvalue weighted by atomic mass is 10.2. The Hall–Kier alpha value is -1.26. The lowest BCUT2D eigenvalue weighted by Gasteiger charge is -2.11. The van der Waals surface area contributed by atoms with Gasteiger partial charge >= 0.3 is 5.97 Å². The summed E-state index contributed by atoms with van der Waals surface area (Å²) >= 11 is 0. The Morgan fingerprint density at radius 3 is 2.71 bits per heavy atom. The van der Waals surface area contributed by atoms with Crippen molar-refractivity contribution in [1.29, 1.82) is 0 Å². The van der Waals surface area contributed by atoms with Crippen LogP contribution >= 0.6 is 0 Å². The monoisotopic (exact) mass is 241 g/mol. The average Bonchev–Trinajstić information content (AvgIpc) is 3.02. The van der Waals surface area contributed by atoms with Crippen molar-refractivity contribution in [3.05, 3.63) is 0 Å². The molecule has 1 rings (SSSR count). The fourth-order valence-electron chi connectivity index (χ4n) is 1.60. The number of methoxy groups -OCH3 is 1. The summed E-state index contributed by atoms with van der Waals surface area (Å²) in [4.78, 5) is 15.0. The molecule has 0 saturated heterocycles. The predicted molar refractivity (Wildman–Crippen MR) is 67.9 cm³/mol. The molecule has 2 N–H and O–H groups in total. The maximum absolute atomic E-state index is 10.9. The van der Waals surface area contributed by atoms with E-state index in [1.54, 1.807) is 7.05 Å². The number of hydrogen-bond acceptors (Lipinski definition) is 3. The third-order valence-electron chi connectivity index (χ3n) is 2.98. The normalized spacial score (nSPS) is 23.1. The molecule has 0 aromatic carbocycles. The predicted octanol–water partition coefficient (Wildman–Crippen LogP) is 0.903. The van der Waals surface area contributed by atoms with Crippen LogP contribution < -0.4 is 10.6 Å². The summed E-state index contributed by atoms with van der Waals surface area (Å²) in [6.45, 7) is 3.05. The molecule has 0 bridgehead atoms. The van der Waals surface area contributed by atoms with Crippen LogP contribution in [0.4, 0.5) is 0 Å². The minimum Gasteiger partial charge on any atom is -0.469 e. The van der Waals surface area contributed by atoms with Crippen molar-refractivity contribution in [3.63, 3.8) is 0 Å². The summed E-state index contributed by atoms with van der Waals surface area (Å²) in [7, 11) is 3.19. The Kier molecular flexibility index (Phi) is 5.80. The lowest BCUT2D eigenvalue weighted by molar-refractivity contribution is -0.140. The summed E-state index contributed by atoms with van der Waals surface area (Å²) < 4.78 is 4.58. The first kappa shape index (κ1) is 13.8. The summed E-state index contributed by atoms with van der Waals surface area (Å²) in [5.41, 5.74) is 0. The molecule has 17 heavy (non-hydrogen) atoms. The highest BCUT2D eigenvalue weighted by molar-refractivity contribution is 5.80. The van der Waals surface area contributed by atoms with Gasteiger partial charge in [0.2, 0.25) is 0 Å². The molecule has 0 aromatic heterocycles. The highest BCUT2D eigenvalue weighted by atomic mass is 16.5. The second-order valence-corrected chi connectivity index (χ2v) is 4.50. The van der Waals surface area contributed by atoms with Crippen molar-refractivity contribution >= 4 is 11.9 Å². The summed E-state index contributed by atoms with van der Waals surface area (Å²) in [5, 5.41) is 6.59. The number of ether oxygens (including phenoxy) is 1. The zero-order valence-electron chi connectivity index (χ0n) is 11.0. The van der Waals surface area contributed by atoms with Crippen molar-refractivity contribution in [1.82, 2.24) is 10.6 Å². The molecule has 2 atom stereocenters. The van der Waals surface area contributed by atoms with Crippen molar-refractivity contribution in [2.45, 2.75) is 38.6 Å². The van der Waals surface area contributed by atoms with Crippen LogP contribution in [-0.2, 0) is 9.53 Å². The van der Waals surface area contributed by atoms with Crippen molar-refractivity contribution < 1.29 is 9.53 Å². The van der Waals surface area contributed by atoms with Crippen LogP contribution in [0.3, 0.4) is 0 Å². The molecule has 0 spiro atoms. The van der Waals surface area contributed by atoms with Gasteiger partial charge in [0, 0.05) is 26.1 Å². The fraction of sp³-hybridized carbons (Fsp3) is 0.833. The highest BCUT2D eigenvalue weighted by Gasteiger charge is 2.32. The first-order chi connectivity index (χ1) is 8.17. The summed E-state index contributed by atoms with van der Waals surface area (Å²) in [5.74, 6) is 1.48. The first-order valence-corrected chi connectivity index (χ1v) is 6.21. The van der Waals surface area contributed by atoms with Crippen molar-refractivity contribution in [2.75, 3.05) is 20.7 Å². The molecule has 1 aliphatic rings. The van der Waals surface area contributed by atoms with Crippen molar-refractivity contribution in [3.8, 4) is 0 Å². The molecule has 0 aromatic rings. The molecule has 98 valence electrons. The van der Waals surface area contributed by atoms with Gasteiger partial charge in [-0.05, 0) is 25.2 Å². The zero-order valence-corrected chi connectivity index (χ0v) is 11.0. The Bertz CT molecular complexity index is 279. The van der Waals surface area contributed by atoms with Crippen LogP contribution in [0.2, 0.25) is 0 Å². The number of unbranched alkanes of at least 4 members (excludes halogenated alkanes) is 1. The minimum atomic E-state index is -0.140. The molecule has 1 aliphatic carbocycles. The summed E-state index contributed by atoms with van der Waals surface area (Å²) in [6, 6.07) is 0.580. The Morgan fingerprint density at radius 2 is 2.18 bits per heavy atom. The number of esters is 1. The number of rotatable bonds is 6. The van der Waals surface area contributed by atoms with Gasteiger partial charge in [0.1, 0.15) is 0 Å². The lowest BCUT2D eigenvalue weighted by Crippen LogP contribution is -2.39. The van der Waals surface area contributed by atoms with E-state index in [1.807, 2.05) is 0 Å². The third kappa shape index (κ3) is 5.56. The molecule has 0 aliphatic heterocycles. The van der Waals surface area contributed by atoms with Gasteiger partial charge in [-0.3, -0.25) is 9.79 Å². The van der Waals surface area contributed by atoms with E-state index in [9.17, 15) is 4.79 Å². The van der Waals surface area contributed by atoms with Crippen LogP contribution in [0.15, 0.2) is 4.99 Å². The van der Waals surface area contributed by atoms with Gasteiger partial charge in [-0.2, -0.15) is 0 Å². The maximum Gasteiger partial charge on any atom is 0.305 e. The van der Waals surface area contributed by atoms with E-state index in [-0.39, 0.29) is 5.97 Å². The van der Waals surface area contributed by atoms with Gasteiger partial charge in [0.05, 0.1) is 7.11 Å². The van der Waals surface area contributed by atoms with Gasteiger partial charge in [0.15, 0.2) is 5.96 Å². The highest BCUT2D eigenvalue weighted by Crippen LogP contribution is 2.28. The van der Waals surface area contributed by atoms with Crippen LogP contribution in [-0.4, -0.2) is 38.7 Å². The molecule has 5 nitrogen and oxygen atoms in total. The quantitative estimate of drug-likeness (QED) is 0.314. The largest absolute Gasteiger partial charge is 0.469 e. The smallest absolute Gasteiger partial charge is 0.305 e. The minimum absolute atomic E-state index is 0.140. The van der Waals surface area contributed by atoms with Crippen LogP contribution in [0.5, 0.6) is 0 Å². The second-order valence-electron chi connectivity index (χ2n) is 4.50. The summed E-state index contributed by atoms with van der Waals surface area (Å²) in [6.07, 6.45) is 3.50. The second kappa shape index (κ2) is 7.14. The van der Waals surface area contributed by atoms with Crippen molar-refractivity contribution in [2.24, 2.45) is 10.9 Å². The number of guanidine groups is 1. The number of nitrogens with zero attached hydrogens (tertiary/aromatic N) is 1. The van der Waals surface area contributed by atoms with E-state index in [0.29, 0.717) is 12.5 Å². The molecule has 5 heteroatoms. The SMILES string of the molecule is CN=C(NCCCCC(=O)OC)NC1CC1C.